The summed E-state index contributed by atoms with van der Waals surface area (Å²) < 4.78 is 54.6. The Hall–Kier alpha value is -4.42. The van der Waals surface area contributed by atoms with Crippen molar-refractivity contribution in [3.05, 3.63) is 89.4 Å². The lowest BCUT2D eigenvalue weighted by Crippen LogP contribution is -2.33. The zero-order valence-corrected chi connectivity index (χ0v) is 23.1. The fraction of sp³-hybridized carbons (Fsp3) is 0.323. The fourth-order valence-electron chi connectivity index (χ4n) is 5.17. The molecule has 1 N–H and O–H groups in total. The highest BCUT2D eigenvalue weighted by Crippen LogP contribution is 2.27. The Balaban J connectivity index is 1.10. The number of rotatable bonds is 10. The zero-order chi connectivity index (χ0) is 30.0. The number of benzene rings is 2. The predicted octanol–water partition coefficient (Wildman–Crippen LogP) is 5.69. The first-order valence-electron chi connectivity index (χ1n) is 13.9. The number of hydrogen-bond donors (Lipinski definition) is 1. The lowest BCUT2D eigenvalue weighted by atomic mass is 10.0. The molecule has 43 heavy (non-hydrogen) atoms. The molecule has 1 fully saturated rings. The largest absolute Gasteiger partial charge is 0.573 e. The minimum atomic E-state index is -4.73. The van der Waals surface area contributed by atoms with Crippen LogP contribution in [0, 0.1) is 0 Å². The second-order valence-corrected chi connectivity index (χ2v) is 10.5. The van der Waals surface area contributed by atoms with Gasteiger partial charge in [0.2, 0.25) is 5.88 Å². The minimum absolute atomic E-state index is 0.0980. The number of carbonyl (C=O) groups is 1. The van der Waals surface area contributed by atoms with Crippen LogP contribution in [0.4, 0.5) is 13.2 Å². The van der Waals surface area contributed by atoms with E-state index in [1.54, 1.807) is 24.3 Å². The van der Waals surface area contributed by atoms with Crippen molar-refractivity contribution in [1.29, 1.82) is 0 Å². The Morgan fingerprint density at radius 3 is 2.58 bits per heavy atom. The van der Waals surface area contributed by atoms with E-state index in [0.717, 1.165) is 54.1 Å². The van der Waals surface area contributed by atoms with Crippen LogP contribution in [-0.4, -0.2) is 62.7 Å². The van der Waals surface area contributed by atoms with Gasteiger partial charge in [-0.25, -0.2) is 14.8 Å². The minimum Gasteiger partial charge on any atom is -0.478 e. The quantitative estimate of drug-likeness (QED) is 0.250. The molecule has 0 unspecified atom stereocenters. The standard InChI is InChI=1S/C31H29F3N4O5/c32-31(33,34)43-23-7-4-20(5-8-23)19-42-29-3-1-2-25(36-29)21-10-13-37(14-11-21)18-28-35-26-9-6-22(30(39)40)16-27(26)38(28)17-24-12-15-41-24/h1-10,16,24H,11-15,17-19H2,(H,39,40)/t24-/m0/s1. The molecule has 0 spiro atoms. The van der Waals surface area contributed by atoms with Crippen molar-refractivity contribution in [2.45, 2.75) is 45.0 Å². The second-order valence-electron chi connectivity index (χ2n) is 10.5. The topological polar surface area (TPSA) is 98.9 Å². The number of aromatic carboxylic acids is 1. The summed E-state index contributed by atoms with van der Waals surface area (Å²) in [6.07, 6.45) is -0.762. The number of aromatic nitrogens is 3. The maximum atomic E-state index is 12.4. The number of halogens is 3. The smallest absolute Gasteiger partial charge is 0.478 e. The van der Waals surface area contributed by atoms with Crippen molar-refractivity contribution in [3.8, 4) is 11.6 Å². The molecule has 1 atom stereocenters. The van der Waals surface area contributed by atoms with Crippen molar-refractivity contribution in [3.63, 3.8) is 0 Å². The molecule has 2 aromatic carbocycles. The van der Waals surface area contributed by atoms with Crippen molar-refractivity contribution in [1.82, 2.24) is 19.4 Å². The predicted molar refractivity (Wildman–Crippen MR) is 151 cm³/mol. The van der Waals surface area contributed by atoms with Gasteiger partial charge in [-0.15, -0.1) is 13.2 Å². The van der Waals surface area contributed by atoms with Crippen LogP contribution in [0.3, 0.4) is 0 Å². The molecule has 0 bridgehead atoms. The molecule has 2 aliphatic rings. The van der Waals surface area contributed by atoms with Crippen molar-refractivity contribution >= 4 is 22.6 Å². The molecule has 4 aromatic rings. The van der Waals surface area contributed by atoms with Gasteiger partial charge in [0.05, 0.1) is 41.5 Å². The molecule has 2 aliphatic heterocycles. The summed E-state index contributed by atoms with van der Waals surface area (Å²) >= 11 is 0. The Morgan fingerprint density at radius 2 is 1.91 bits per heavy atom. The van der Waals surface area contributed by atoms with Crippen LogP contribution in [0.2, 0.25) is 0 Å². The number of imidazole rings is 1. The number of alkyl halides is 3. The van der Waals surface area contributed by atoms with Crippen LogP contribution in [0.1, 0.15) is 40.3 Å². The molecule has 224 valence electrons. The van der Waals surface area contributed by atoms with Crippen LogP contribution < -0.4 is 9.47 Å². The average Bonchev–Trinajstić information content (AvgIpc) is 3.30. The van der Waals surface area contributed by atoms with Gasteiger partial charge in [0.15, 0.2) is 0 Å². The first-order valence-corrected chi connectivity index (χ1v) is 13.9. The third-order valence-electron chi connectivity index (χ3n) is 7.51. The number of ether oxygens (including phenoxy) is 3. The summed E-state index contributed by atoms with van der Waals surface area (Å²) in [6, 6.07) is 16.1. The van der Waals surface area contributed by atoms with E-state index >= 15 is 0 Å². The maximum Gasteiger partial charge on any atom is 0.573 e. The second kappa shape index (κ2) is 12.1. The molecule has 6 rings (SSSR count). The first-order chi connectivity index (χ1) is 20.7. The number of fused-ring (bicyclic) bond motifs is 1. The third kappa shape index (κ3) is 6.98. The molecule has 2 aromatic heterocycles. The monoisotopic (exact) mass is 594 g/mol. The van der Waals surface area contributed by atoms with Gasteiger partial charge in [0, 0.05) is 25.8 Å². The molecule has 9 nitrogen and oxygen atoms in total. The van der Waals surface area contributed by atoms with Crippen LogP contribution in [0.15, 0.2) is 66.7 Å². The Morgan fingerprint density at radius 1 is 1.09 bits per heavy atom. The first kappa shape index (κ1) is 28.7. The highest BCUT2D eigenvalue weighted by atomic mass is 19.4. The molecular formula is C31H29F3N4O5. The van der Waals surface area contributed by atoms with E-state index in [4.69, 9.17) is 14.5 Å². The van der Waals surface area contributed by atoms with Crippen LogP contribution in [0.25, 0.3) is 16.6 Å². The van der Waals surface area contributed by atoms with Gasteiger partial charge >= 0.3 is 12.3 Å². The highest BCUT2D eigenvalue weighted by Gasteiger charge is 2.31. The Kier molecular flexibility index (Phi) is 8.04. The van der Waals surface area contributed by atoms with E-state index in [0.29, 0.717) is 31.1 Å². The molecule has 0 amide bonds. The van der Waals surface area contributed by atoms with Crippen molar-refractivity contribution < 1.29 is 37.3 Å². The fourth-order valence-corrected chi connectivity index (χ4v) is 5.17. The number of carboxylic acids is 1. The van der Waals surface area contributed by atoms with Gasteiger partial charge in [0.1, 0.15) is 18.2 Å². The number of hydrogen-bond acceptors (Lipinski definition) is 7. The summed E-state index contributed by atoms with van der Waals surface area (Å²) in [5, 5.41) is 9.48. The molecule has 0 saturated carbocycles. The third-order valence-corrected chi connectivity index (χ3v) is 7.51. The molecule has 12 heteroatoms. The zero-order valence-electron chi connectivity index (χ0n) is 23.1. The average molecular weight is 595 g/mol. The van der Waals surface area contributed by atoms with Crippen LogP contribution in [-0.2, 0) is 24.4 Å². The van der Waals surface area contributed by atoms with Crippen LogP contribution in [0.5, 0.6) is 11.6 Å². The summed E-state index contributed by atoms with van der Waals surface area (Å²) in [5.41, 5.74) is 4.37. The van der Waals surface area contributed by atoms with Gasteiger partial charge in [-0.1, -0.05) is 24.3 Å². The molecule has 0 radical (unpaired) electrons. The molecule has 0 aliphatic carbocycles. The Bertz CT molecular complexity index is 1650. The van der Waals surface area contributed by atoms with Gasteiger partial charge < -0.3 is 23.9 Å². The van der Waals surface area contributed by atoms with E-state index in [1.807, 2.05) is 12.1 Å². The van der Waals surface area contributed by atoms with Gasteiger partial charge in [-0.2, -0.15) is 0 Å². The summed E-state index contributed by atoms with van der Waals surface area (Å²) in [6.45, 7) is 3.60. The number of carboxylic acid groups (broad SMARTS) is 1. The van der Waals surface area contributed by atoms with E-state index < -0.39 is 12.3 Å². The highest BCUT2D eigenvalue weighted by molar-refractivity contribution is 5.92. The van der Waals surface area contributed by atoms with E-state index in [9.17, 15) is 23.1 Å². The number of nitrogens with zero attached hydrogens (tertiary/aromatic N) is 4. The summed E-state index contributed by atoms with van der Waals surface area (Å²) in [5.74, 6) is 0.0358. The van der Waals surface area contributed by atoms with Gasteiger partial charge in [-0.05, 0) is 60.4 Å². The molecule has 4 heterocycles. The SMILES string of the molecule is O=C(O)c1ccc2nc(CN3CC=C(c4cccc(OCc5ccc(OC(F)(F)F)cc5)n4)CC3)n(C[C@@H]3CCO3)c2c1. The lowest BCUT2D eigenvalue weighted by Gasteiger charge is -2.29. The van der Waals surface area contributed by atoms with Gasteiger partial charge in [0.25, 0.3) is 0 Å². The molecular weight excluding hydrogens is 565 g/mol. The Labute approximate surface area is 245 Å². The summed E-state index contributed by atoms with van der Waals surface area (Å²) in [4.78, 5) is 23.3. The van der Waals surface area contributed by atoms with Crippen LogP contribution >= 0.6 is 0 Å². The maximum absolute atomic E-state index is 12.4. The summed E-state index contributed by atoms with van der Waals surface area (Å²) in [7, 11) is 0. The van der Waals surface area contributed by atoms with E-state index in [1.165, 1.54) is 24.3 Å². The van der Waals surface area contributed by atoms with Crippen molar-refractivity contribution in [2.75, 3.05) is 19.7 Å². The van der Waals surface area contributed by atoms with Crippen molar-refractivity contribution in [2.24, 2.45) is 0 Å². The van der Waals surface area contributed by atoms with E-state index in [-0.39, 0.29) is 24.0 Å². The van der Waals surface area contributed by atoms with E-state index in [2.05, 4.69) is 25.3 Å². The number of pyridine rings is 1. The molecule has 1 saturated heterocycles. The van der Waals surface area contributed by atoms with Gasteiger partial charge in [-0.3, -0.25) is 4.90 Å². The lowest BCUT2D eigenvalue weighted by molar-refractivity contribution is -0.274. The normalized spacial score (nSPS) is 17.4.